The fourth-order valence-electron chi connectivity index (χ4n) is 3.82. The van der Waals surface area contributed by atoms with Gasteiger partial charge >= 0.3 is 0 Å². The zero-order chi connectivity index (χ0) is 20.6. The largest absolute Gasteiger partial charge is 0.361 e. The summed E-state index contributed by atoms with van der Waals surface area (Å²) in [6.07, 6.45) is 1.78. The molecule has 2 N–H and O–H groups in total. The van der Waals surface area contributed by atoms with E-state index in [1.54, 1.807) is 0 Å². The summed E-state index contributed by atoms with van der Waals surface area (Å²) in [6, 6.07) is 9.43. The predicted molar refractivity (Wildman–Crippen MR) is 107 cm³/mol. The molecule has 10 heteroatoms. The standard InChI is InChI=1S/C19H24N6O3S/c1-12-16(13(2)28-23-12)11-25-10-15(24-29(3,26)27)9-17(25)19-20-18(21-22-19)14-7-5-4-6-8-14/h4-8,15,17,24H,9-11H2,1-3H3,(H,20,21,22). The Kier molecular flexibility index (Phi) is 5.24. The van der Waals surface area contributed by atoms with Gasteiger partial charge in [-0.3, -0.25) is 10.00 Å². The van der Waals surface area contributed by atoms with Gasteiger partial charge in [0.15, 0.2) is 5.82 Å². The third-order valence-electron chi connectivity index (χ3n) is 5.18. The average molecular weight is 417 g/mol. The molecule has 1 saturated heterocycles. The molecule has 2 atom stereocenters. The van der Waals surface area contributed by atoms with Crippen LogP contribution in [0.15, 0.2) is 34.9 Å². The minimum atomic E-state index is -3.31. The van der Waals surface area contributed by atoms with E-state index in [1.807, 2.05) is 44.2 Å². The van der Waals surface area contributed by atoms with Crippen LogP contribution in [0.4, 0.5) is 0 Å². The summed E-state index contributed by atoms with van der Waals surface area (Å²) in [4.78, 5) is 6.88. The van der Waals surface area contributed by atoms with Gasteiger partial charge in [-0.05, 0) is 20.3 Å². The van der Waals surface area contributed by atoms with Crippen molar-refractivity contribution in [3.05, 3.63) is 53.2 Å². The predicted octanol–water partition coefficient (Wildman–Crippen LogP) is 1.94. The number of aromatic amines is 1. The fourth-order valence-corrected chi connectivity index (χ4v) is 4.60. The van der Waals surface area contributed by atoms with Crippen LogP contribution in [0.25, 0.3) is 11.4 Å². The summed E-state index contributed by atoms with van der Waals surface area (Å²) in [5, 5.41) is 11.4. The number of hydrogen-bond acceptors (Lipinski definition) is 7. The summed E-state index contributed by atoms with van der Waals surface area (Å²) in [5.41, 5.74) is 2.78. The first kappa shape index (κ1) is 19.7. The summed E-state index contributed by atoms with van der Waals surface area (Å²) >= 11 is 0. The van der Waals surface area contributed by atoms with Gasteiger partial charge in [-0.15, -0.1) is 0 Å². The van der Waals surface area contributed by atoms with Crippen molar-refractivity contribution in [1.29, 1.82) is 0 Å². The molecule has 3 aromatic rings. The van der Waals surface area contributed by atoms with E-state index < -0.39 is 10.0 Å². The molecule has 3 heterocycles. The molecule has 0 amide bonds. The number of nitrogens with one attached hydrogen (secondary N) is 2. The zero-order valence-corrected chi connectivity index (χ0v) is 17.4. The van der Waals surface area contributed by atoms with E-state index in [0.717, 1.165) is 22.6 Å². The van der Waals surface area contributed by atoms with Crippen LogP contribution in [0.5, 0.6) is 0 Å². The molecule has 1 aromatic carbocycles. The van der Waals surface area contributed by atoms with Crippen molar-refractivity contribution in [2.45, 2.75) is 38.9 Å². The molecule has 1 aliphatic rings. The molecular weight excluding hydrogens is 392 g/mol. The SMILES string of the molecule is Cc1noc(C)c1CN1CC(NS(C)(=O)=O)CC1c1nc(-c2ccccc2)n[nH]1. The maximum absolute atomic E-state index is 11.8. The Hall–Kier alpha value is -2.56. The molecule has 2 aromatic heterocycles. The summed E-state index contributed by atoms with van der Waals surface area (Å²) in [7, 11) is -3.31. The molecule has 29 heavy (non-hydrogen) atoms. The van der Waals surface area contributed by atoms with Crippen LogP contribution in [0, 0.1) is 13.8 Å². The third kappa shape index (κ3) is 4.39. The van der Waals surface area contributed by atoms with Gasteiger partial charge in [0, 0.05) is 30.3 Å². The highest BCUT2D eigenvalue weighted by atomic mass is 32.2. The van der Waals surface area contributed by atoms with Crippen LogP contribution >= 0.6 is 0 Å². The molecule has 2 unspecified atom stereocenters. The monoisotopic (exact) mass is 416 g/mol. The van der Waals surface area contributed by atoms with Crippen molar-refractivity contribution in [2.75, 3.05) is 12.8 Å². The summed E-state index contributed by atoms with van der Waals surface area (Å²) < 4.78 is 31.5. The Bertz CT molecular complexity index is 1070. The molecular formula is C19H24N6O3S. The molecule has 0 saturated carbocycles. The number of aromatic nitrogens is 4. The highest BCUT2D eigenvalue weighted by molar-refractivity contribution is 7.88. The van der Waals surface area contributed by atoms with Gasteiger partial charge < -0.3 is 4.52 Å². The first-order chi connectivity index (χ1) is 13.8. The molecule has 0 bridgehead atoms. The smallest absolute Gasteiger partial charge is 0.208 e. The lowest BCUT2D eigenvalue weighted by atomic mass is 10.1. The second-order valence-electron chi connectivity index (χ2n) is 7.48. The lowest BCUT2D eigenvalue weighted by Gasteiger charge is -2.22. The lowest BCUT2D eigenvalue weighted by Crippen LogP contribution is -2.36. The van der Waals surface area contributed by atoms with Gasteiger partial charge in [0.25, 0.3) is 0 Å². The van der Waals surface area contributed by atoms with Crippen molar-refractivity contribution in [3.63, 3.8) is 0 Å². The van der Waals surface area contributed by atoms with Crippen LogP contribution in [0.1, 0.15) is 35.3 Å². The third-order valence-corrected chi connectivity index (χ3v) is 5.94. The second kappa shape index (κ2) is 7.69. The lowest BCUT2D eigenvalue weighted by molar-refractivity contribution is 0.237. The van der Waals surface area contributed by atoms with Crippen LogP contribution < -0.4 is 4.72 Å². The second-order valence-corrected chi connectivity index (χ2v) is 9.26. The first-order valence-electron chi connectivity index (χ1n) is 9.41. The van der Waals surface area contributed by atoms with Crippen molar-refractivity contribution < 1.29 is 12.9 Å². The number of nitrogens with zero attached hydrogens (tertiary/aromatic N) is 4. The Morgan fingerprint density at radius 1 is 1.28 bits per heavy atom. The van der Waals surface area contributed by atoms with E-state index in [4.69, 9.17) is 9.51 Å². The average Bonchev–Trinajstić information content (AvgIpc) is 3.37. The highest BCUT2D eigenvalue weighted by Gasteiger charge is 2.37. The topological polar surface area (TPSA) is 117 Å². The number of H-pyrrole nitrogens is 1. The number of benzene rings is 1. The number of aryl methyl sites for hydroxylation is 2. The molecule has 0 spiro atoms. The minimum Gasteiger partial charge on any atom is -0.361 e. The van der Waals surface area contributed by atoms with E-state index in [1.165, 1.54) is 6.26 Å². The molecule has 0 radical (unpaired) electrons. The fraction of sp³-hybridized carbons (Fsp3) is 0.421. The Morgan fingerprint density at radius 2 is 2.03 bits per heavy atom. The molecule has 1 aliphatic heterocycles. The number of likely N-dealkylation sites (tertiary alicyclic amines) is 1. The Labute approximate surface area is 169 Å². The van der Waals surface area contributed by atoms with Crippen LogP contribution in [-0.4, -0.2) is 52.5 Å². The summed E-state index contributed by atoms with van der Waals surface area (Å²) in [5.74, 6) is 2.11. The molecule has 9 nitrogen and oxygen atoms in total. The van der Waals surface area contributed by atoms with Gasteiger partial charge in [0.2, 0.25) is 10.0 Å². The minimum absolute atomic E-state index is 0.104. The van der Waals surface area contributed by atoms with E-state index >= 15 is 0 Å². The van der Waals surface area contributed by atoms with E-state index in [9.17, 15) is 8.42 Å². The van der Waals surface area contributed by atoms with Gasteiger partial charge in [0.05, 0.1) is 18.0 Å². The normalized spacial score (nSPS) is 20.4. The van der Waals surface area contributed by atoms with E-state index in [2.05, 4.69) is 25.0 Å². The van der Waals surface area contributed by atoms with Crippen molar-refractivity contribution >= 4 is 10.0 Å². The quantitative estimate of drug-likeness (QED) is 0.631. The van der Waals surface area contributed by atoms with E-state index in [-0.39, 0.29) is 12.1 Å². The maximum atomic E-state index is 11.8. The van der Waals surface area contributed by atoms with Crippen LogP contribution in [0.2, 0.25) is 0 Å². The van der Waals surface area contributed by atoms with Crippen molar-refractivity contribution in [2.24, 2.45) is 0 Å². The number of hydrogen-bond donors (Lipinski definition) is 2. The number of sulfonamides is 1. The maximum Gasteiger partial charge on any atom is 0.208 e. The van der Waals surface area contributed by atoms with Gasteiger partial charge in [-0.2, -0.15) is 5.10 Å². The highest BCUT2D eigenvalue weighted by Crippen LogP contribution is 2.33. The Balaban J connectivity index is 1.62. The van der Waals surface area contributed by atoms with E-state index in [0.29, 0.717) is 31.2 Å². The van der Waals surface area contributed by atoms with Crippen molar-refractivity contribution in [1.82, 2.24) is 30.0 Å². The van der Waals surface area contributed by atoms with Crippen LogP contribution in [0.3, 0.4) is 0 Å². The van der Waals surface area contributed by atoms with Gasteiger partial charge in [-0.25, -0.2) is 18.1 Å². The summed E-state index contributed by atoms with van der Waals surface area (Å²) in [6.45, 7) is 4.94. The van der Waals surface area contributed by atoms with Crippen LogP contribution in [-0.2, 0) is 16.6 Å². The zero-order valence-electron chi connectivity index (χ0n) is 16.6. The first-order valence-corrected chi connectivity index (χ1v) is 11.3. The van der Waals surface area contributed by atoms with Gasteiger partial charge in [0.1, 0.15) is 11.6 Å². The molecule has 1 fully saturated rings. The number of rotatable bonds is 6. The molecule has 154 valence electrons. The molecule has 4 rings (SSSR count). The van der Waals surface area contributed by atoms with Crippen molar-refractivity contribution in [3.8, 4) is 11.4 Å². The van der Waals surface area contributed by atoms with Gasteiger partial charge in [-0.1, -0.05) is 35.5 Å². The Morgan fingerprint density at radius 3 is 2.69 bits per heavy atom. The molecule has 0 aliphatic carbocycles.